The van der Waals surface area contributed by atoms with Crippen LogP contribution < -0.4 is 17.3 Å². The molecule has 3 unspecified atom stereocenters. The van der Waals surface area contributed by atoms with Crippen molar-refractivity contribution < 1.29 is 26.8 Å². The number of quaternary nitrogens is 1. The van der Waals surface area contributed by atoms with E-state index in [1.54, 1.807) is 4.90 Å². The molecule has 0 spiro atoms. The number of nitrogens with one attached hydrogen (secondary N) is 1. The van der Waals surface area contributed by atoms with E-state index >= 15 is 0 Å². The highest BCUT2D eigenvalue weighted by atomic mass is 35.5. The zero-order valence-electron chi connectivity index (χ0n) is 14.2. The Morgan fingerprint density at radius 3 is 2.12 bits per heavy atom. The summed E-state index contributed by atoms with van der Waals surface area (Å²) in [6.07, 6.45) is 2.54. The average molecular weight is 358 g/mol. The highest BCUT2D eigenvalue weighted by molar-refractivity contribution is 5.82. The molecule has 2 bridgehead atoms. The first kappa shape index (κ1) is 18.0. The van der Waals surface area contributed by atoms with Gasteiger partial charge in [0.15, 0.2) is 6.10 Å². The van der Waals surface area contributed by atoms with E-state index in [1.165, 1.54) is 25.9 Å². The van der Waals surface area contributed by atoms with Gasteiger partial charge in [-0.3, -0.25) is 4.79 Å². The molecule has 2 heterocycles. The highest BCUT2D eigenvalue weighted by Gasteiger charge is 2.42. The van der Waals surface area contributed by atoms with Crippen LogP contribution in [0.5, 0.6) is 0 Å². The number of hydrogen-bond acceptors (Lipinski definition) is 2. The Hall–Kier alpha value is -1.84. The van der Waals surface area contributed by atoms with Crippen LogP contribution in [0.25, 0.3) is 0 Å². The molecule has 2 aromatic rings. The Labute approximate surface area is 155 Å². The van der Waals surface area contributed by atoms with Gasteiger partial charge in [0, 0.05) is 0 Å². The fourth-order valence-electron chi connectivity index (χ4n) is 4.25. The quantitative estimate of drug-likeness (QED) is 0.715. The third-order valence-electron chi connectivity index (χ3n) is 5.44. The first-order chi connectivity index (χ1) is 11.8. The lowest BCUT2D eigenvalue weighted by Crippen LogP contribution is -3.11. The second-order valence-corrected chi connectivity index (χ2v) is 7.04. The molecule has 0 radical (unpaired) electrons. The Bertz CT molecular complexity index is 652. The molecule has 25 heavy (non-hydrogen) atoms. The first-order valence-corrected chi connectivity index (χ1v) is 8.95. The summed E-state index contributed by atoms with van der Waals surface area (Å²) in [5.74, 6) is 0.105. The fourth-order valence-corrected chi connectivity index (χ4v) is 4.25. The number of ether oxygens (including phenoxy) is 1. The molecule has 3 atom stereocenters. The summed E-state index contributed by atoms with van der Waals surface area (Å²) in [6, 6.07) is 20.0. The maximum absolute atomic E-state index is 13.1. The molecule has 0 saturated carbocycles. The lowest BCUT2D eigenvalue weighted by atomic mass is 9.91. The van der Waals surface area contributed by atoms with Crippen molar-refractivity contribution in [3.05, 3.63) is 71.8 Å². The van der Waals surface area contributed by atoms with Crippen LogP contribution in [0.3, 0.4) is 0 Å². The molecule has 132 valence electrons. The maximum atomic E-state index is 13.1. The van der Waals surface area contributed by atoms with Gasteiger partial charge in [-0.25, -0.2) is 0 Å². The molecule has 2 saturated heterocycles. The van der Waals surface area contributed by atoms with Crippen LogP contribution >= 0.6 is 0 Å². The molecule has 2 fully saturated rings. The third kappa shape index (κ3) is 3.88. The average Bonchev–Trinajstić information content (AvgIpc) is 2.90. The molecule has 2 aromatic carbocycles. The van der Waals surface area contributed by atoms with Crippen molar-refractivity contribution in [1.29, 1.82) is 0 Å². The minimum absolute atomic E-state index is 0. The molecule has 0 amide bonds. The van der Waals surface area contributed by atoms with E-state index in [1.807, 2.05) is 60.7 Å². The van der Waals surface area contributed by atoms with Gasteiger partial charge in [0.1, 0.15) is 12.5 Å². The molecule has 4 rings (SSSR count). The number of carbonyl (C=O) groups is 1. The fraction of sp³-hybridized carbons (Fsp3) is 0.381. The van der Waals surface area contributed by atoms with Crippen molar-refractivity contribution in [2.45, 2.75) is 24.9 Å². The van der Waals surface area contributed by atoms with Gasteiger partial charge in [-0.15, -0.1) is 0 Å². The number of benzene rings is 2. The van der Waals surface area contributed by atoms with Crippen molar-refractivity contribution in [2.24, 2.45) is 5.92 Å². The SMILES string of the molecule is O=C(OC1C[NH+]2CCCC1C2)C(c1ccccc1)c1ccccc1.[Cl-]. The van der Waals surface area contributed by atoms with E-state index in [4.69, 9.17) is 4.74 Å². The van der Waals surface area contributed by atoms with Gasteiger partial charge in [0.05, 0.1) is 19.0 Å². The van der Waals surface area contributed by atoms with E-state index < -0.39 is 0 Å². The molecule has 0 aliphatic carbocycles. The van der Waals surface area contributed by atoms with Gasteiger partial charge in [0.25, 0.3) is 0 Å². The summed E-state index contributed by atoms with van der Waals surface area (Å²) in [6.45, 7) is 3.37. The van der Waals surface area contributed by atoms with Crippen molar-refractivity contribution in [1.82, 2.24) is 0 Å². The predicted octanol–water partition coefficient (Wildman–Crippen LogP) is -0.957. The summed E-state index contributed by atoms with van der Waals surface area (Å²) in [5.41, 5.74) is 2.00. The minimum Gasteiger partial charge on any atom is -1.00 e. The number of carbonyl (C=O) groups excluding carboxylic acids is 1. The van der Waals surface area contributed by atoms with Gasteiger partial charge in [-0.2, -0.15) is 0 Å². The summed E-state index contributed by atoms with van der Waals surface area (Å²) >= 11 is 0. The Balaban J connectivity index is 0.00000182. The standard InChI is InChI=1S/C21H23NO2.ClH/c23-21(24-19-15-22-13-7-12-18(19)14-22)20(16-8-3-1-4-9-16)17-10-5-2-6-11-17;/h1-6,8-11,18-20H,7,12-15H2;1H. The molecule has 2 aliphatic heterocycles. The Kier molecular flexibility index (Phi) is 5.77. The lowest BCUT2D eigenvalue weighted by Gasteiger charge is -2.21. The van der Waals surface area contributed by atoms with Crippen LogP contribution in [0.15, 0.2) is 60.7 Å². The van der Waals surface area contributed by atoms with Crippen molar-refractivity contribution in [3.8, 4) is 0 Å². The van der Waals surface area contributed by atoms with Gasteiger partial charge in [0.2, 0.25) is 0 Å². The predicted molar refractivity (Wildman–Crippen MR) is 92.9 cm³/mol. The van der Waals surface area contributed by atoms with E-state index in [0.29, 0.717) is 5.92 Å². The topological polar surface area (TPSA) is 30.7 Å². The van der Waals surface area contributed by atoms with Crippen LogP contribution in [0.2, 0.25) is 0 Å². The van der Waals surface area contributed by atoms with Crippen LogP contribution in [-0.2, 0) is 9.53 Å². The maximum Gasteiger partial charge on any atom is 0.318 e. The summed E-state index contributed by atoms with van der Waals surface area (Å²) < 4.78 is 6.04. The number of rotatable bonds is 4. The summed E-state index contributed by atoms with van der Waals surface area (Å²) in [4.78, 5) is 14.7. The van der Waals surface area contributed by atoms with Crippen molar-refractivity contribution in [2.75, 3.05) is 19.6 Å². The number of esters is 1. The molecule has 3 nitrogen and oxygen atoms in total. The number of fused-ring (bicyclic) bond motifs is 2. The summed E-state index contributed by atoms with van der Waals surface area (Å²) in [7, 11) is 0. The van der Waals surface area contributed by atoms with E-state index in [9.17, 15) is 4.79 Å². The van der Waals surface area contributed by atoms with Crippen LogP contribution in [0, 0.1) is 5.92 Å². The highest BCUT2D eigenvalue weighted by Crippen LogP contribution is 2.28. The number of piperidine rings is 1. The van der Waals surface area contributed by atoms with Crippen molar-refractivity contribution >= 4 is 5.97 Å². The number of halogens is 1. The molecular formula is C21H24ClNO2. The molecule has 2 aliphatic rings. The normalized spacial score (nSPS) is 24.6. The zero-order valence-corrected chi connectivity index (χ0v) is 15.0. The van der Waals surface area contributed by atoms with E-state index in [0.717, 1.165) is 17.7 Å². The Morgan fingerprint density at radius 1 is 0.960 bits per heavy atom. The second kappa shape index (κ2) is 8.03. The second-order valence-electron chi connectivity index (χ2n) is 7.04. The summed E-state index contributed by atoms with van der Waals surface area (Å²) in [5, 5.41) is 0. The van der Waals surface area contributed by atoms with Crippen LogP contribution in [0.1, 0.15) is 29.9 Å². The minimum atomic E-state index is -0.335. The van der Waals surface area contributed by atoms with Gasteiger partial charge in [-0.1, -0.05) is 60.7 Å². The zero-order chi connectivity index (χ0) is 16.4. The van der Waals surface area contributed by atoms with Crippen LogP contribution in [0.4, 0.5) is 0 Å². The first-order valence-electron chi connectivity index (χ1n) is 8.95. The van der Waals surface area contributed by atoms with Gasteiger partial charge < -0.3 is 22.0 Å². The molecule has 0 aromatic heterocycles. The molecule has 1 N–H and O–H groups in total. The van der Waals surface area contributed by atoms with Gasteiger partial charge in [-0.05, 0) is 24.0 Å². The van der Waals surface area contributed by atoms with Gasteiger partial charge >= 0.3 is 5.97 Å². The van der Waals surface area contributed by atoms with E-state index in [2.05, 4.69) is 0 Å². The molecular weight excluding hydrogens is 334 g/mol. The van der Waals surface area contributed by atoms with Crippen molar-refractivity contribution in [3.63, 3.8) is 0 Å². The monoisotopic (exact) mass is 357 g/mol. The largest absolute Gasteiger partial charge is 1.00 e. The molecule has 4 heteroatoms. The Morgan fingerprint density at radius 2 is 1.56 bits per heavy atom. The number of hydrogen-bond donors (Lipinski definition) is 1. The lowest BCUT2D eigenvalue weighted by molar-refractivity contribution is -0.893. The van der Waals surface area contributed by atoms with Crippen LogP contribution in [-0.4, -0.2) is 31.7 Å². The van der Waals surface area contributed by atoms with E-state index in [-0.39, 0.29) is 30.4 Å². The smallest absolute Gasteiger partial charge is 0.318 e. The third-order valence-corrected chi connectivity index (χ3v) is 5.44.